The largest absolute Gasteiger partial charge is 0.305 e. The van der Waals surface area contributed by atoms with Gasteiger partial charge >= 0.3 is 0 Å². The highest BCUT2D eigenvalue weighted by atomic mass is 32.1. The Morgan fingerprint density at radius 3 is 2.64 bits per heavy atom. The molecule has 132 valence electrons. The van der Waals surface area contributed by atoms with Crippen LogP contribution in [0.5, 0.6) is 0 Å². The van der Waals surface area contributed by atoms with Crippen molar-refractivity contribution in [2.45, 2.75) is 53.8 Å². The highest BCUT2D eigenvalue weighted by Gasteiger charge is 2.17. The lowest BCUT2D eigenvalue weighted by molar-refractivity contribution is 0.569. The fraction of sp³-hybridized carbons (Fsp3) is 0.400. The molecule has 5 heteroatoms. The maximum Gasteiger partial charge on any atom is 0.123 e. The normalized spacial score (nSPS) is 12.5. The maximum absolute atomic E-state index is 4.63. The molecule has 0 saturated heterocycles. The van der Waals surface area contributed by atoms with E-state index in [2.05, 4.69) is 79.0 Å². The molecule has 3 aromatic rings. The standard InChI is InChI=1S/C20H26N4S/c1-6-24-16(5)19(15(4)23-24)14(3)21-11-17-12-22-20(25-17)18-10-8-7-9-13(18)2/h7-10,12,14,21H,6,11H2,1-5H3/t14-/m0/s1. The van der Waals surface area contributed by atoms with Crippen LogP contribution in [0.3, 0.4) is 0 Å². The summed E-state index contributed by atoms with van der Waals surface area (Å²) >= 11 is 1.76. The zero-order chi connectivity index (χ0) is 18.0. The molecule has 3 rings (SSSR count). The number of aryl methyl sites for hydroxylation is 3. The third-order valence-corrected chi connectivity index (χ3v) is 5.71. The number of nitrogens with zero attached hydrogens (tertiary/aromatic N) is 3. The van der Waals surface area contributed by atoms with Crippen LogP contribution in [0.2, 0.25) is 0 Å². The van der Waals surface area contributed by atoms with Crippen molar-refractivity contribution in [2.75, 3.05) is 0 Å². The summed E-state index contributed by atoms with van der Waals surface area (Å²) in [5.41, 5.74) is 6.17. The van der Waals surface area contributed by atoms with Crippen LogP contribution in [-0.4, -0.2) is 14.8 Å². The molecule has 0 unspecified atom stereocenters. The van der Waals surface area contributed by atoms with E-state index in [1.807, 2.05) is 6.20 Å². The third-order valence-electron chi connectivity index (χ3n) is 4.68. The van der Waals surface area contributed by atoms with Crippen molar-refractivity contribution in [3.63, 3.8) is 0 Å². The lowest BCUT2D eigenvalue weighted by atomic mass is 10.1. The van der Waals surface area contributed by atoms with Crippen molar-refractivity contribution in [3.8, 4) is 10.6 Å². The minimum Gasteiger partial charge on any atom is -0.305 e. The zero-order valence-electron chi connectivity index (χ0n) is 15.6. The van der Waals surface area contributed by atoms with Crippen LogP contribution in [0.15, 0.2) is 30.5 Å². The molecule has 0 aliphatic carbocycles. The number of benzene rings is 1. The monoisotopic (exact) mass is 354 g/mol. The van der Waals surface area contributed by atoms with Crippen LogP contribution in [0, 0.1) is 20.8 Å². The summed E-state index contributed by atoms with van der Waals surface area (Å²) in [5, 5.41) is 9.35. The zero-order valence-corrected chi connectivity index (χ0v) is 16.4. The van der Waals surface area contributed by atoms with Crippen molar-refractivity contribution in [1.29, 1.82) is 0 Å². The Balaban J connectivity index is 1.70. The lowest BCUT2D eigenvalue weighted by Gasteiger charge is -2.14. The third kappa shape index (κ3) is 3.67. The molecule has 0 aliphatic heterocycles. The minimum atomic E-state index is 0.268. The summed E-state index contributed by atoms with van der Waals surface area (Å²) in [6.07, 6.45) is 1.99. The molecule has 25 heavy (non-hydrogen) atoms. The summed E-state index contributed by atoms with van der Waals surface area (Å²) < 4.78 is 2.08. The van der Waals surface area contributed by atoms with Gasteiger partial charge in [0.05, 0.1) is 5.69 Å². The number of rotatable bonds is 6. The molecule has 0 spiro atoms. The average Bonchev–Trinajstić information content (AvgIpc) is 3.17. The van der Waals surface area contributed by atoms with Gasteiger partial charge in [-0.15, -0.1) is 11.3 Å². The number of hydrogen-bond acceptors (Lipinski definition) is 4. The van der Waals surface area contributed by atoms with E-state index in [1.165, 1.54) is 27.3 Å². The van der Waals surface area contributed by atoms with Crippen molar-refractivity contribution < 1.29 is 0 Å². The Hall–Kier alpha value is -1.98. The van der Waals surface area contributed by atoms with Crippen LogP contribution in [0.4, 0.5) is 0 Å². The number of hydrogen-bond donors (Lipinski definition) is 1. The molecule has 4 nitrogen and oxygen atoms in total. The predicted molar refractivity (Wildman–Crippen MR) is 105 cm³/mol. The van der Waals surface area contributed by atoms with Gasteiger partial charge in [-0.1, -0.05) is 24.3 Å². The van der Waals surface area contributed by atoms with Crippen molar-refractivity contribution in [1.82, 2.24) is 20.1 Å². The van der Waals surface area contributed by atoms with E-state index in [0.29, 0.717) is 0 Å². The van der Waals surface area contributed by atoms with Gasteiger partial charge in [-0.3, -0.25) is 4.68 Å². The second-order valence-electron chi connectivity index (χ2n) is 6.45. The Labute approximate surface area is 153 Å². The highest BCUT2D eigenvalue weighted by molar-refractivity contribution is 7.15. The summed E-state index contributed by atoms with van der Waals surface area (Å²) in [7, 11) is 0. The van der Waals surface area contributed by atoms with E-state index >= 15 is 0 Å². The number of nitrogens with one attached hydrogen (secondary N) is 1. The fourth-order valence-corrected chi connectivity index (χ4v) is 4.28. The van der Waals surface area contributed by atoms with Gasteiger partial charge in [-0.05, 0) is 40.2 Å². The van der Waals surface area contributed by atoms with E-state index in [0.717, 1.165) is 23.8 Å². The van der Waals surface area contributed by atoms with E-state index in [9.17, 15) is 0 Å². The van der Waals surface area contributed by atoms with Gasteiger partial charge in [0.2, 0.25) is 0 Å². The lowest BCUT2D eigenvalue weighted by Crippen LogP contribution is -2.18. The first-order valence-electron chi connectivity index (χ1n) is 8.79. The van der Waals surface area contributed by atoms with Gasteiger partial charge in [-0.25, -0.2) is 4.98 Å². The SMILES string of the molecule is CCn1nc(C)c([C@H](C)NCc2cnc(-c3ccccc3C)s2)c1C. The second-order valence-corrected chi connectivity index (χ2v) is 7.56. The van der Waals surface area contributed by atoms with Gasteiger partial charge in [0.1, 0.15) is 5.01 Å². The quantitative estimate of drug-likeness (QED) is 0.691. The van der Waals surface area contributed by atoms with Crippen LogP contribution in [0.25, 0.3) is 10.6 Å². The molecular formula is C20H26N4S. The molecule has 1 aromatic carbocycles. The van der Waals surface area contributed by atoms with Gasteiger partial charge in [0, 0.05) is 47.0 Å². The van der Waals surface area contributed by atoms with E-state index in [1.54, 1.807) is 11.3 Å². The molecule has 0 bridgehead atoms. The first-order valence-corrected chi connectivity index (χ1v) is 9.60. The van der Waals surface area contributed by atoms with E-state index in [-0.39, 0.29) is 6.04 Å². The molecule has 1 atom stereocenters. The van der Waals surface area contributed by atoms with Gasteiger partial charge in [0.15, 0.2) is 0 Å². The Kier molecular flexibility index (Phi) is 5.35. The molecule has 0 aliphatic rings. The smallest absolute Gasteiger partial charge is 0.123 e. The first-order chi connectivity index (χ1) is 12.0. The van der Waals surface area contributed by atoms with Crippen LogP contribution in [0.1, 0.15) is 47.3 Å². The van der Waals surface area contributed by atoms with Crippen molar-refractivity contribution >= 4 is 11.3 Å². The number of thiazole rings is 1. The minimum absolute atomic E-state index is 0.268. The molecule has 1 N–H and O–H groups in total. The Morgan fingerprint density at radius 1 is 1.20 bits per heavy atom. The Bertz CT molecular complexity index is 862. The topological polar surface area (TPSA) is 42.7 Å². The molecule has 0 radical (unpaired) electrons. The molecule has 2 aromatic heterocycles. The summed E-state index contributed by atoms with van der Waals surface area (Å²) in [4.78, 5) is 5.87. The number of aromatic nitrogens is 3. The highest BCUT2D eigenvalue weighted by Crippen LogP contribution is 2.28. The molecule has 0 saturated carbocycles. The molecule has 0 fully saturated rings. The van der Waals surface area contributed by atoms with Crippen LogP contribution >= 0.6 is 11.3 Å². The molecule has 0 amide bonds. The average molecular weight is 355 g/mol. The fourth-order valence-electron chi connectivity index (χ4n) is 3.33. The van der Waals surface area contributed by atoms with Gasteiger partial charge in [-0.2, -0.15) is 5.10 Å². The molecular weight excluding hydrogens is 328 g/mol. The van der Waals surface area contributed by atoms with Gasteiger partial charge < -0.3 is 5.32 Å². The van der Waals surface area contributed by atoms with Gasteiger partial charge in [0.25, 0.3) is 0 Å². The first kappa shape index (κ1) is 17.8. The van der Waals surface area contributed by atoms with E-state index < -0.39 is 0 Å². The van der Waals surface area contributed by atoms with Crippen molar-refractivity contribution in [3.05, 3.63) is 57.9 Å². The maximum atomic E-state index is 4.63. The molecule has 2 heterocycles. The second kappa shape index (κ2) is 7.50. The Morgan fingerprint density at radius 2 is 1.96 bits per heavy atom. The summed E-state index contributed by atoms with van der Waals surface area (Å²) in [5.74, 6) is 0. The summed E-state index contributed by atoms with van der Waals surface area (Å²) in [6, 6.07) is 8.68. The van der Waals surface area contributed by atoms with E-state index in [4.69, 9.17) is 0 Å². The van der Waals surface area contributed by atoms with Crippen LogP contribution < -0.4 is 5.32 Å². The predicted octanol–water partition coefficient (Wildman–Crippen LogP) is 4.80. The van der Waals surface area contributed by atoms with Crippen molar-refractivity contribution in [2.24, 2.45) is 0 Å². The van der Waals surface area contributed by atoms with Crippen LogP contribution in [-0.2, 0) is 13.1 Å². The summed E-state index contributed by atoms with van der Waals surface area (Å²) in [6.45, 7) is 12.4.